The number of aryl methyl sites for hydroxylation is 1. The predicted molar refractivity (Wildman–Crippen MR) is 77.5 cm³/mol. The molecule has 0 fully saturated rings. The third kappa shape index (κ3) is 3.94. The maximum atomic E-state index is 5.97. The van der Waals surface area contributed by atoms with Crippen LogP contribution in [0.4, 0.5) is 0 Å². The molecule has 19 heavy (non-hydrogen) atoms. The molecule has 3 nitrogen and oxygen atoms in total. The second-order valence-electron chi connectivity index (χ2n) is 4.39. The van der Waals surface area contributed by atoms with Gasteiger partial charge in [-0.25, -0.2) is 0 Å². The van der Waals surface area contributed by atoms with Crippen molar-refractivity contribution in [1.29, 1.82) is 0 Å². The minimum Gasteiger partial charge on any atom is -0.487 e. The Hall–Kier alpha value is -1.58. The molecule has 1 heterocycles. The Morgan fingerprint density at radius 3 is 2.74 bits per heavy atom. The summed E-state index contributed by atoms with van der Waals surface area (Å²) < 4.78 is 5.69. The fraction of sp³-hybridized carbons (Fsp3) is 0.267. The molecule has 0 atom stereocenters. The Balaban J connectivity index is 1.96. The molecular weight excluding hydrogens is 260 g/mol. The lowest BCUT2D eigenvalue weighted by atomic mass is 10.2. The monoisotopic (exact) mass is 276 g/mol. The highest BCUT2D eigenvalue weighted by Gasteiger charge is 2.00. The molecule has 0 unspecified atom stereocenters. The number of aromatic nitrogens is 1. The van der Waals surface area contributed by atoms with Crippen LogP contribution in [0, 0.1) is 6.92 Å². The van der Waals surface area contributed by atoms with E-state index in [1.165, 1.54) is 0 Å². The molecule has 0 spiro atoms. The summed E-state index contributed by atoms with van der Waals surface area (Å²) in [6.07, 6.45) is 1.86. The molecule has 100 valence electrons. The van der Waals surface area contributed by atoms with Crippen molar-refractivity contribution >= 4 is 11.6 Å². The average Bonchev–Trinajstić information content (AvgIpc) is 2.42. The third-order valence-corrected chi connectivity index (χ3v) is 3.21. The number of nitrogens with one attached hydrogen (secondary N) is 1. The number of rotatable bonds is 5. The summed E-state index contributed by atoms with van der Waals surface area (Å²) in [6, 6.07) is 9.67. The molecule has 1 aromatic heterocycles. The molecule has 0 radical (unpaired) electrons. The van der Waals surface area contributed by atoms with Gasteiger partial charge in [-0.3, -0.25) is 4.98 Å². The molecular formula is C15H17ClN2O. The number of ether oxygens (including phenoxy) is 1. The minimum atomic E-state index is 0.459. The molecule has 2 rings (SSSR count). The van der Waals surface area contributed by atoms with Crippen LogP contribution >= 0.6 is 11.6 Å². The second-order valence-corrected chi connectivity index (χ2v) is 4.79. The molecule has 0 amide bonds. The first kappa shape index (κ1) is 13.8. The zero-order chi connectivity index (χ0) is 13.7. The summed E-state index contributed by atoms with van der Waals surface area (Å²) in [7, 11) is 1.92. The number of hydrogen-bond donors (Lipinski definition) is 1. The summed E-state index contributed by atoms with van der Waals surface area (Å²) >= 11 is 5.97. The molecule has 0 saturated heterocycles. The van der Waals surface area contributed by atoms with E-state index in [0.29, 0.717) is 6.61 Å². The van der Waals surface area contributed by atoms with Gasteiger partial charge in [-0.15, -0.1) is 0 Å². The van der Waals surface area contributed by atoms with Crippen molar-refractivity contribution < 1.29 is 4.74 Å². The quantitative estimate of drug-likeness (QED) is 0.909. The van der Waals surface area contributed by atoms with E-state index in [4.69, 9.17) is 16.3 Å². The van der Waals surface area contributed by atoms with Gasteiger partial charge in [-0.1, -0.05) is 17.7 Å². The van der Waals surface area contributed by atoms with Gasteiger partial charge in [0.1, 0.15) is 12.4 Å². The summed E-state index contributed by atoms with van der Waals surface area (Å²) in [5.74, 6) is 0.808. The summed E-state index contributed by atoms with van der Waals surface area (Å²) in [5, 5.41) is 3.84. The van der Waals surface area contributed by atoms with Crippen LogP contribution in [0.3, 0.4) is 0 Å². The average molecular weight is 277 g/mol. The Morgan fingerprint density at radius 1 is 1.26 bits per heavy atom. The van der Waals surface area contributed by atoms with Crippen molar-refractivity contribution in [3.63, 3.8) is 0 Å². The highest BCUT2D eigenvalue weighted by molar-refractivity contribution is 6.31. The van der Waals surface area contributed by atoms with E-state index in [2.05, 4.69) is 16.4 Å². The first-order chi connectivity index (χ1) is 9.19. The maximum Gasteiger partial charge on any atom is 0.130 e. The lowest BCUT2D eigenvalue weighted by Crippen LogP contribution is -2.06. The van der Waals surface area contributed by atoms with Crippen molar-refractivity contribution in [2.45, 2.75) is 20.1 Å². The van der Waals surface area contributed by atoms with Gasteiger partial charge >= 0.3 is 0 Å². The van der Waals surface area contributed by atoms with E-state index in [1.54, 1.807) is 0 Å². The van der Waals surface area contributed by atoms with Crippen LogP contribution in [-0.2, 0) is 13.2 Å². The predicted octanol–water partition coefficient (Wildman–Crippen LogP) is 3.34. The van der Waals surface area contributed by atoms with Crippen molar-refractivity contribution in [2.75, 3.05) is 7.05 Å². The van der Waals surface area contributed by atoms with Crippen molar-refractivity contribution in [3.05, 3.63) is 58.4 Å². The van der Waals surface area contributed by atoms with Gasteiger partial charge in [0.15, 0.2) is 0 Å². The van der Waals surface area contributed by atoms with E-state index in [9.17, 15) is 0 Å². The van der Waals surface area contributed by atoms with Crippen LogP contribution in [0.1, 0.15) is 16.8 Å². The summed E-state index contributed by atoms with van der Waals surface area (Å²) in [5.41, 5.74) is 3.08. The van der Waals surface area contributed by atoms with E-state index in [0.717, 1.165) is 34.1 Å². The molecule has 0 aliphatic rings. The standard InChI is InChI=1S/C15H17ClN2O/c1-11-7-14(5-6-15(11)16)19-10-13-4-3-12(8-17-2)9-18-13/h3-7,9,17H,8,10H2,1-2H3. The number of pyridine rings is 1. The Kier molecular flexibility index (Phi) is 4.77. The van der Waals surface area contributed by atoms with Crippen LogP contribution in [0.25, 0.3) is 0 Å². The van der Waals surface area contributed by atoms with Gasteiger partial charge in [-0.2, -0.15) is 0 Å². The van der Waals surface area contributed by atoms with Gasteiger partial charge in [0.2, 0.25) is 0 Å². The van der Waals surface area contributed by atoms with Crippen molar-refractivity contribution in [1.82, 2.24) is 10.3 Å². The van der Waals surface area contributed by atoms with Crippen molar-refractivity contribution in [3.8, 4) is 5.75 Å². The zero-order valence-electron chi connectivity index (χ0n) is 11.1. The van der Waals surface area contributed by atoms with E-state index in [-0.39, 0.29) is 0 Å². The van der Waals surface area contributed by atoms with E-state index < -0.39 is 0 Å². The molecule has 1 N–H and O–H groups in total. The molecule has 0 saturated carbocycles. The first-order valence-electron chi connectivity index (χ1n) is 6.16. The molecule has 2 aromatic rings. The fourth-order valence-corrected chi connectivity index (χ4v) is 1.83. The highest BCUT2D eigenvalue weighted by atomic mass is 35.5. The van der Waals surface area contributed by atoms with E-state index in [1.807, 2.05) is 44.4 Å². The Labute approximate surface area is 118 Å². The number of nitrogens with zero attached hydrogens (tertiary/aromatic N) is 1. The van der Waals surface area contributed by atoms with Crippen LogP contribution in [0.15, 0.2) is 36.5 Å². The zero-order valence-corrected chi connectivity index (χ0v) is 11.9. The fourth-order valence-electron chi connectivity index (χ4n) is 1.71. The van der Waals surface area contributed by atoms with E-state index >= 15 is 0 Å². The van der Waals surface area contributed by atoms with Crippen LogP contribution in [0.2, 0.25) is 5.02 Å². The normalized spacial score (nSPS) is 10.5. The summed E-state index contributed by atoms with van der Waals surface area (Å²) in [4.78, 5) is 4.36. The largest absolute Gasteiger partial charge is 0.487 e. The van der Waals surface area contributed by atoms with Gasteiger partial charge in [0.25, 0.3) is 0 Å². The summed E-state index contributed by atoms with van der Waals surface area (Å²) in [6.45, 7) is 3.24. The number of benzene rings is 1. The smallest absolute Gasteiger partial charge is 0.130 e. The molecule has 0 aliphatic carbocycles. The molecule has 1 aromatic carbocycles. The SMILES string of the molecule is CNCc1ccc(COc2ccc(Cl)c(C)c2)nc1. The molecule has 4 heteroatoms. The van der Waals surface area contributed by atoms with Crippen molar-refractivity contribution in [2.24, 2.45) is 0 Å². The van der Waals surface area contributed by atoms with Gasteiger partial charge in [0, 0.05) is 17.8 Å². The van der Waals surface area contributed by atoms with Gasteiger partial charge < -0.3 is 10.1 Å². The van der Waals surface area contributed by atoms with Crippen LogP contribution < -0.4 is 10.1 Å². The Morgan fingerprint density at radius 2 is 2.11 bits per heavy atom. The molecule has 0 bridgehead atoms. The lowest BCUT2D eigenvalue weighted by molar-refractivity contribution is 0.301. The van der Waals surface area contributed by atoms with Gasteiger partial charge in [0.05, 0.1) is 5.69 Å². The number of halogens is 1. The topological polar surface area (TPSA) is 34.1 Å². The Bertz CT molecular complexity index is 540. The highest BCUT2D eigenvalue weighted by Crippen LogP contribution is 2.21. The minimum absolute atomic E-state index is 0.459. The lowest BCUT2D eigenvalue weighted by Gasteiger charge is -2.08. The van der Waals surface area contributed by atoms with Crippen LogP contribution in [0.5, 0.6) is 5.75 Å². The maximum absolute atomic E-state index is 5.97. The number of hydrogen-bond acceptors (Lipinski definition) is 3. The van der Waals surface area contributed by atoms with Gasteiger partial charge in [-0.05, 0) is 49.4 Å². The van der Waals surface area contributed by atoms with Crippen LogP contribution in [-0.4, -0.2) is 12.0 Å². The molecule has 0 aliphatic heterocycles. The second kappa shape index (κ2) is 6.55. The first-order valence-corrected chi connectivity index (χ1v) is 6.54. The third-order valence-electron chi connectivity index (χ3n) is 2.78.